The quantitative estimate of drug-likeness (QED) is 0.803. The fourth-order valence-corrected chi connectivity index (χ4v) is 3.11. The van der Waals surface area contributed by atoms with Gasteiger partial charge in [-0.1, -0.05) is 12.1 Å². The summed E-state index contributed by atoms with van der Waals surface area (Å²) >= 11 is 0. The van der Waals surface area contributed by atoms with Gasteiger partial charge in [-0.05, 0) is 69.7 Å². The summed E-state index contributed by atoms with van der Waals surface area (Å²) in [5.41, 5.74) is -0.425. The van der Waals surface area contributed by atoms with Crippen LogP contribution in [-0.2, 0) is 11.0 Å². The number of benzene rings is 1. The standard InChI is InChI=1S/C18H24F3NO2/c1-17(2,16(23)24)9-10-22-15-8-5-13(11-15)12-3-6-14(7-4-12)18(19,20)21/h3-4,6-7,13,15,22H,5,8-11H2,1-2H3,(H,23,24). The van der Waals surface area contributed by atoms with Crippen molar-refractivity contribution in [1.29, 1.82) is 0 Å². The molecule has 134 valence electrons. The Labute approximate surface area is 140 Å². The van der Waals surface area contributed by atoms with Crippen LogP contribution in [0, 0.1) is 5.41 Å². The van der Waals surface area contributed by atoms with Crippen LogP contribution in [0.4, 0.5) is 13.2 Å². The topological polar surface area (TPSA) is 49.3 Å². The number of nitrogens with one attached hydrogen (secondary N) is 1. The van der Waals surface area contributed by atoms with Crippen molar-refractivity contribution in [3.05, 3.63) is 35.4 Å². The van der Waals surface area contributed by atoms with Crippen LogP contribution in [0.2, 0.25) is 0 Å². The summed E-state index contributed by atoms with van der Waals surface area (Å²) in [7, 11) is 0. The maximum absolute atomic E-state index is 12.6. The third-order valence-corrected chi connectivity index (χ3v) is 4.90. The first-order valence-corrected chi connectivity index (χ1v) is 8.23. The number of carbonyl (C=O) groups is 1. The first kappa shape index (κ1) is 18.8. The normalized spacial score (nSPS) is 21.9. The van der Waals surface area contributed by atoms with Crippen LogP contribution in [0.25, 0.3) is 0 Å². The van der Waals surface area contributed by atoms with E-state index in [4.69, 9.17) is 5.11 Å². The summed E-state index contributed by atoms with van der Waals surface area (Å²) in [6.07, 6.45) is -0.984. The van der Waals surface area contributed by atoms with E-state index in [2.05, 4.69) is 5.32 Å². The molecule has 2 unspecified atom stereocenters. The van der Waals surface area contributed by atoms with Gasteiger partial charge < -0.3 is 10.4 Å². The zero-order valence-electron chi connectivity index (χ0n) is 14.0. The summed E-state index contributed by atoms with van der Waals surface area (Å²) in [4.78, 5) is 11.1. The van der Waals surface area contributed by atoms with Crippen LogP contribution < -0.4 is 5.32 Å². The Morgan fingerprint density at radius 2 is 1.83 bits per heavy atom. The zero-order chi connectivity index (χ0) is 18.0. The number of hydrogen-bond donors (Lipinski definition) is 2. The van der Waals surface area contributed by atoms with Gasteiger partial charge in [-0.25, -0.2) is 0 Å². The molecule has 2 N–H and O–H groups in total. The molecule has 0 aromatic heterocycles. The molecule has 1 aliphatic rings. The maximum Gasteiger partial charge on any atom is 0.416 e. The summed E-state index contributed by atoms with van der Waals surface area (Å²) in [6.45, 7) is 4.04. The van der Waals surface area contributed by atoms with Gasteiger partial charge in [0.15, 0.2) is 0 Å². The summed E-state index contributed by atoms with van der Waals surface area (Å²) in [6, 6.07) is 5.73. The largest absolute Gasteiger partial charge is 0.481 e. The first-order valence-electron chi connectivity index (χ1n) is 8.23. The van der Waals surface area contributed by atoms with E-state index in [1.807, 2.05) is 0 Å². The highest BCUT2D eigenvalue weighted by molar-refractivity contribution is 5.73. The number of alkyl halides is 3. The molecule has 1 aromatic rings. The van der Waals surface area contributed by atoms with E-state index in [1.165, 1.54) is 0 Å². The van der Waals surface area contributed by atoms with Crippen LogP contribution in [0.1, 0.15) is 56.6 Å². The van der Waals surface area contributed by atoms with Gasteiger partial charge in [0.05, 0.1) is 11.0 Å². The van der Waals surface area contributed by atoms with E-state index in [-0.39, 0.29) is 5.92 Å². The van der Waals surface area contributed by atoms with Crippen LogP contribution in [0.3, 0.4) is 0 Å². The maximum atomic E-state index is 12.6. The van der Waals surface area contributed by atoms with Crippen molar-refractivity contribution in [1.82, 2.24) is 5.32 Å². The fraction of sp³-hybridized carbons (Fsp3) is 0.611. The number of carboxylic acids is 1. The second-order valence-electron chi connectivity index (χ2n) is 7.22. The van der Waals surface area contributed by atoms with Crippen LogP contribution in [0.5, 0.6) is 0 Å². The number of aliphatic carboxylic acids is 1. The number of halogens is 3. The molecule has 0 aliphatic heterocycles. The Hall–Kier alpha value is -1.56. The van der Waals surface area contributed by atoms with Crippen LogP contribution >= 0.6 is 0 Å². The number of rotatable bonds is 6. The van der Waals surface area contributed by atoms with Gasteiger partial charge in [-0.3, -0.25) is 4.79 Å². The average molecular weight is 343 g/mol. The van der Waals surface area contributed by atoms with Gasteiger partial charge in [0.1, 0.15) is 0 Å². The molecule has 3 nitrogen and oxygen atoms in total. The number of hydrogen-bond acceptors (Lipinski definition) is 2. The molecule has 0 saturated heterocycles. The molecular weight excluding hydrogens is 319 g/mol. The first-order chi connectivity index (χ1) is 11.1. The Bertz CT molecular complexity index is 567. The third-order valence-electron chi connectivity index (χ3n) is 4.90. The molecule has 1 fully saturated rings. The molecule has 2 atom stereocenters. The minimum atomic E-state index is -4.30. The minimum absolute atomic E-state index is 0.261. The second kappa shape index (κ2) is 7.13. The van der Waals surface area contributed by atoms with Gasteiger partial charge in [0, 0.05) is 6.04 Å². The Balaban J connectivity index is 1.84. The highest BCUT2D eigenvalue weighted by Gasteiger charge is 2.32. The predicted octanol–water partition coefficient (Wildman–Crippen LogP) is 4.43. The zero-order valence-corrected chi connectivity index (χ0v) is 14.0. The molecule has 0 amide bonds. The molecule has 1 saturated carbocycles. The lowest BCUT2D eigenvalue weighted by Gasteiger charge is -2.21. The molecule has 0 bridgehead atoms. The smallest absolute Gasteiger partial charge is 0.416 e. The van der Waals surface area contributed by atoms with Gasteiger partial charge in [0.2, 0.25) is 0 Å². The van der Waals surface area contributed by atoms with Crippen molar-refractivity contribution in [3.8, 4) is 0 Å². The van der Waals surface area contributed by atoms with Gasteiger partial charge in [0.25, 0.3) is 0 Å². The molecule has 24 heavy (non-hydrogen) atoms. The molecule has 1 aliphatic carbocycles. The molecule has 0 heterocycles. The fourth-order valence-electron chi connectivity index (χ4n) is 3.11. The van der Waals surface area contributed by atoms with Crippen molar-refractivity contribution >= 4 is 5.97 Å². The molecule has 6 heteroatoms. The monoisotopic (exact) mass is 343 g/mol. The lowest BCUT2D eigenvalue weighted by atomic mass is 9.89. The third kappa shape index (κ3) is 4.72. The molecular formula is C18H24F3NO2. The van der Waals surface area contributed by atoms with Crippen molar-refractivity contribution < 1.29 is 23.1 Å². The summed E-state index contributed by atoms with van der Waals surface area (Å²) in [5.74, 6) is -0.546. The Morgan fingerprint density at radius 3 is 2.38 bits per heavy atom. The van der Waals surface area contributed by atoms with E-state index in [1.54, 1.807) is 26.0 Å². The lowest BCUT2D eigenvalue weighted by Crippen LogP contribution is -2.33. The Morgan fingerprint density at radius 1 is 1.21 bits per heavy atom. The highest BCUT2D eigenvalue weighted by Crippen LogP contribution is 2.36. The lowest BCUT2D eigenvalue weighted by molar-refractivity contribution is -0.147. The predicted molar refractivity (Wildman–Crippen MR) is 85.9 cm³/mol. The molecule has 0 spiro atoms. The van der Waals surface area contributed by atoms with Gasteiger partial charge in [-0.15, -0.1) is 0 Å². The molecule has 0 radical (unpaired) electrons. The van der Waals surface area contributed by atoms with Crippen molar-refractivity contribution in [2.75, 3.05) is 6.54 Å². The molecule has 2 rings (SSSR count). The minimum Gasteiger partial charge on any atom is -0.481 e. The summed E-state index contributed by atoms with van der Waals surface area (Å²) < 4.78 is 37.8. The van der Waals surface area contributed by atoms with Crippen molar-refractivity contribution in [2.24, 2.45) is 5.41 Å². The average Bonchev–Trinajstić information content (AvgIpc) is 2.95. The Kier molecular flexibility index (Phi) is 5.58. The summed E-state index contributed by atoms with van der Waals surface area (Å²) in [5, 5.41) is 12.5. The van der Waals surface area contributed by atoms with Crippen LogP contribution in [0.15, 0.2) is 24.3 Å². The van der Waals surface area contributed by atoms with E-state index < -0.39 is 23.1 Å². The highest BCUT2D eigenvalue weighted by atomic mass is 19.4. The second-order valence-corrected chi connectivity index (χ2v) is 7.22. The van der Waals surface area contributed by atoms with E-state index >= 15 is 0 Å². The van der Waals surface area contributed by atoms with Gasteiger partial charge >= 0.3 is 12.1 Å². The SMILES string of the molecule is CC(C)(CCNC1CCC(c2ccc(C(F)(F)F)cc2)C1)C(=O)O. The van der Waals surface area contributed by atoms with Crippen molar-refractivity contribution in [2.45, 2.75) is 57.7 Å². The van der Waals surface area contributed by atoms with E-state index in [0.29, 0.717) is 19.0 Å². The van der Waals surface area contributed by atoms with Gasteiger partial charge in [-0.2, -0.15) is 13.2 Å². The number of carboxylic acid groups (broad SMARTS) is 1. The van der Waals surface area contributed by atoms with Crippen molar-refractivity contribution in [3.63, 3.8) is 0 Å². The van der Waals surface area contributed by atoms with E-state index in [9.17, 15) is 18.0 Å². The van der Waals surface area contributed by atoms with E-state index in [0.717, 1.165) is 37.0 Å². The molecule has 1 aromatic carbocycles. The van der Waals surface area contributed by atoms with Crippen LogP contribution in [-0.4, -0.2) is 23.7 Å².